The Morgan fingerprint density at radius 3 is 2.73 bits per heavy atom. The molecule has 0 saturated carbocycles. The SMILES string of the molecule is COc1ccc(OC)c(NC(=O)Cn2cnc3oc(C)c(C)c3c2=O)c1. The van der Waals surface area contributed by atoms with Crippen LogP contribution in [0.15, 0.2) is 33.7 Å². The predicted molar refractivity (Wildman–Crippen MR) is 95.9 cm³/mol. The molecule has 1 amide bonds. The molecule has 0 radical (unpaired) electrons. The third-order valence-corrected chi connectivity index (χ3v) is 4.15. The first-order valence-electron chi connectivity index (χ1n) is 7.91. The molecule has 136 valence electrons. The summed E-state index contributed by atoms with van der Waals surface area (Å²) in [4.78, 5) is 29.1. The number of anilines is 1. The molecule has 26 heavy (non-hydrogen) atoms. The van der Waals surface area contributed by atoms with Gasteiger partial charge in [0.25, 0.3) is 5.56 Å². The van der Waals surface area contributed by atoms with Crippen molar-refractivity contribution in [2.45, 2.75) is 20.4 Å². The number of fused-ring (bicyclic) bond motifs is 1. The van der Waals surface area contributed by atoms with E-state index in [-0.39, 0.29) is 17.8 Å². The molecular weight excluding hydrogens is 338 g/mol. The molecule has 0 fully saturated rings. The Bertz CT molecular complexity index is 1040. The first-order chi connectivity index (χ1) is 12.4. The van der Waals surface area contributed by atoms with Crippen molar-refractivity contribution in [2.75, 3.05) is 19.5 Å². The van der Waals surface area contributed by atoms with Crippen LogP contribution in [-0.4, -0.2) is 29.7 Å². The van der Waals surface area contributed by atoms with Crippen LogP contribution in [0.3, 0.4) is 0 Å². The first-order valence-corrected chi connectivity index (χ1v) is 7.91. The zero-order valence-electron chi connectivity index (χ0n) is 15.0. The minimum Gasteiger partial charge on any atom is -0.497 e. The lowest BCUT2D eigenvalue weighted by molar-refractivity contribution is -0.116. The van der Waals surface area contributed by atoms with Gasteiger partial charge >= 0.3 is 0 Å². The molecule has 1 N–H and O–H groups in total. The van der Waals surface area contributed by atoms with Gasteiger partial charge in [0.1, 0.15) is 35.5 Å². The van der Waals surface area contributed by atoms with Crippen LogP contribution in [0.2, 0.25) is 0 Å². The Morgan fingerprint density at radius 2 is 2.04 bits per heavy atom. The number of carbonyl (C=O) groups is 1. The Labute approximate surface area is 149 Å². The van der Waals surface area contributed by atoms with Gasteiger partial charge in [-0.1, -0.05) is 0 Å². The lowest BCUT2D eigenvalue weighted by atomic mass is 10.2. The molecule has 3 rings (SSSR count). The van der Waals surface area contributed by atoms with Crippen molar-refractivity contribution in [1.82, 2.24) is 9.55 Å². The van der Waals surface area contributed by atoms with Gasteiger partial charge in [0.15, 0.2) is 0 Å². The molecule has 0 spiro atoms. The van der Waals surface area contributed by atoms with Crippen molar-refractivity contribution in [1.29, 1.82) is 0 Å². The maximum absolute atomic E-state index is 12.6. The van der Waals surface area contributed by atoms with Gasteiger partial charge in [-0.3, -0.25) is 14.2 Å². The molecule has 2 heterocycles. The average Bonchev–Trinajstić information content (AvgIpc) is 2.92. The van der Waals surface area contributed by atoms with Crippen LogP contribution in [0.25, 0.3) is 11.1 Å². The van der Waals surface area contributed by atoms with Gasteiger partial charge in [-0.2, -0.15) is 0 Å². The van der Waals surface area contributed by atoms with E-state index in [9.17, 15) is 9.59 Å². The fraction of sp³-hybridized carbons (Fsp3) is 0.278. The van der Waals surface area contributed by atoms with Crippen LogP contribution in [0.4, 0.5) is 5.69 Å². The third kappa shape index (κ3) is 3.13. The van der Waals surface area contributed by atoms with E-state index < -0.39 is 5.91 Å². The van der Waals surface area contributed by atoms with E-state index in [0.29, 0.717) is 28.3 Å². The summed E-state index contributed by atoms with van der Waals surface area (Å²) < 4.78 is 17.1. The second-order valence-corrected chi connectivity index (χ2v) is 5.76. The highest BCUT2D eigenvalue weighted by Gasteiger charge is 2.16. The van der Waals surface area contributed by atoms with E-state index >= 15 is 0 Å². The molecule has 0 aliphatic carbocycles. The number of nitrogens with zero attached hydrogens (tertiary/aromatic N) is 2. The Kier molecular flexibility index (Phi) is 4.66. The molecule has 0 bridgehead atoms. The lowest BCUT2D eigenvalue weighted by Crippen LogP contribution is -2.28. The van der Waals surface area contributed by atoms with Crippen LogP contribution in [0.1, 0.15) is 11.3 Å². The molecule has 0 unspecified atom stereocenters. The average molecular weight is 357 g/mol. The zero-order chi connectivity index (χ0) is 18.8. The smallest absolute Gasteiger partial charge is 0.265 e. The molecular formula is C18H19N3O5. The quantitative estimate of drug-likeness (QED) is 0.752. The van der Waals surface area contributed by atoms with Crippen LogP contribution >= 0.6 is 0 Å². The number of nitrogens with one attached hydrogen (secondary N) is 1. The molecule has 0 atom stereocenters. The first kappa shape index (κ1) is 17.5. The molecule has 3 aromatic rings. The molecule has 0 aliphatic heterocycles. The number of hydrogen-bond acceptors (Lipinski definition) is 6. The summed E-state index contributed by atoms with van der Waals surface area (Å²) >= 11 is 0. The number of amides is 1. The fourth-order valence-electron chi connectivity index (χ4n) is 2.64. The van der Waals surface area contributed by atoms with Gasteiger partial charge < -0.3 is 19.2 Å². The normalized spacial score (nSPS) is 10.8. The Hall–Kier alpha value is -3.29. The topological polar surface area (TPSA) is 95.6 Å². The highest BCUT2D eigenvalue weighted by molar-refractivity contribution is 5.92. The number of hydrogen-bond donors (Lipinski definition) is 1. The van der Waals surface area contributed by atoms with Gasteiger partial charge in [-0.25, -0.2) is 4.98 Å². The standard InChI is InChI=1S/C18H19N3O5/c1-10-11(2)26-17-16(10)18(23)21(9-19-17)8-15(22)20-13-7-12(24-3)5-6-14(13)25-4/h5-7,9H,8H2,1-4H3,(H,20,22). The van der Waals surface area contributed by atoms with E-state index in [1.165, 1.54) is 25.1 Å². The third-order valence-electron chi connectivity index (χ3n) is 4.15. The summed E-state index contributed by atoms with van der Waals surface area (Å²) in [6.07, 6.45) is 1.30. The highest BCUT2D eigenvalue weighted by atomic mass is 16.5. The number of aryl methyl sites for hydroxylation is 2. The van der Waals surface area contributed by atoms with Crippen LogP contribution in [0, 0.1) is 13.8 Å². The van der Waals surface area contributed by atoms with Crippen molar-refractivity contribution in [3.63, 3.8) is 0 Å². The number of methoxy groups -OCH3 is 2. The van der Waals surface area contributed by atoms with E-state index in [1.54, 1.807) is 32.0 Å². The summed E-state index contributed by atoms with van der Waals surface area (Å²) in [7, 11) is 3.03. The minimum absolute atomic E-state index is 0.189. The van der Waals surface area contributed by atoms with Crippen molar-refractivity contribution in [2.24, 2.45) is 0 Å². The van der Waals surface area contributed by atoms with Crippen LogP contribution in [-0.2, 0) is 11.3 Å². The van der Waals surface area contributed by atoms with Crippen LogP contribution in [0.5, 0.6) is 11.5 Å². The van der Waals surface area contributed by atoms with Gasteiger partial charge in [-0.05, 0) is 26.0 Å². The predicted octanol–water partition coefficient (Wildman–Crippen LogP) is 2.26. The molecule has 0 aliphatic rings. The summed E-state index contributed by atoms with van der Waals surface area (Å²) in [6.45, 7) is 3.37. The second-order valence-electron chi connectivity index (χ2n) is 5.76. The van der Waals surface area contributed by atoms with E-state index in [1.807, 2.05) is 0 Å². The van der Waals surface area contributed by atoms with E-state index in [4.69, 9.17) is 13.9 Å². The number of benzene rings is 1. The van der Waals surface area contributed by atoms with Gasteiger partial charge in [0, 0.05) is 11.6 Å². The summed E-state index contributed by atoms with van der Waals surface area (Å²) in [5, 5.41) is 3.11. The van der Waals surface area contributed by atoms with Gasteiger partial charge in [0.2, 0.25) is 11.6 Å². The van der Waals surface area contributed by atoms with Crippen molar-refractivity contribution in [3.05, 3.63) is 46.2 Å². The minimum atomic E-state index is -0.391. The maximum atomic E-state index is 12.6. The Balaban J connectivity index is 1.87. The Morgan fingerprint density at radius 1 is 1.27 bits per heavy atom. The summed E-state index contributed by atoms with van der Waals surface area (Å²) in [6, 6.07) is 5.05. The van der Waals surface area contributed by atoms with E-state index in [0.717, 1.165) is 5.56 Å². The fourth-order valence-corrected chi connectivity index (χ4v) is 2.64. The number of furan rings is 1. The summed E-state index contributed by atoms with van der Waals surface area (Å²) in [5.74, 6) is 1.30. The van der Waals surface area contributed by atoms with Gasteiger partial charge in [-0.15, -0.1) is 0 Å². The molecule has 8 nitrogen and oxygen atoms in total. The van der Waals surface area contributed by atoms with E-state index in [2.05, 4.69) is 10.3 Å². The summed E-state index contributed by atoms with van der Waals surface area (Å²) in [5.41, 5.74) is 1.13. The number of rotatable bonds is 5. The largest absolute Gasteiger partial charge is 0.497 e. The monoisotopic (exact) mass is 357 g/mol. The maximum Gasteiger partial charge on any atom is 0.265 e. The number of aromatic nitrogens is 2. The molecule has 2 aromatic heterocycles. The second kappa shape index (κ2) is 6.91. The zero-order valence-corrected chi connectivity index (χ0v) is 15.0. The molecule has 0 saturated heterocycles. The molecule has 8 heteroatoms. The molecule has 1 aromatic carbocycles. The highest BCUT2D eigenvalue weighted by Crippen LogP contribution is 2.28. The van der Waals surface area contributed by atoms with Gasteiger partial charge in [0.05, 0.1) is 19.9 Å². The lowest BCUT2D eigenvalue weighted by Gasteiger charge is -2.12. The number of ether oxygens (including phenoxy) is 2. The number of carbonyl (C=O) groups excluding carboxylic acids is 1. The van der Waals surface area contributed by atoms with Crippen molar-refractivity contribution >= 4 is 22.7 Å². The van der Waals surface area contributed by atoms with Crippen molar-refractivity contribution < 1.29 is 18.7 Å². The van der Waals surface area contributed by atoms with Crippen molar-refractivity contribution in [3.8, 4) is 11.5 Å². The van der Waals surface area contributed by atoms with Crippen LogP contribution < -0.4 is 20.3 Å².